The van der Waals surface area contributed by atoms with Crippen LogP contribution in [0.25, 0.3) is 0 Å². The zero-order valence-corrected chi connectivity index (χ0v) is 26.0. The summed E-state index contributed by atoms with van der Waals surface area (Å²) in [6.07, 6.45) is 8.88. The van der Waals surface area contributed by atoms with E-state index in [9.17, 15) is 18.0 Å². The van der Waals surface area contributed by atoms with Crippen molar-refractivity contribution in [3.63, 3.8) is 0 Å². The summed E-state index contributed by atoms with van der Waals surface area (Å²) in [7, 11) is -3.78. The zero-order valence-electron chi connectivity index (χ0n) is 24.5. The quantitative estimate of drug-likeness (QED) is 0.390. The summed E-state index contributed by atoms with van der Waals surface area (Å²) in [6.45, 7) is 5.12. The molecule has 0 aromatic heterocycles. The lowest BCUT2D eigenvalue weighted by atomic mass is 9.48. The topological polar surface area (TPSA) is 86.8 Å². The van der Waals surface area contributed by atoms with Crippen LogP contribution in [0.4, 0.5) is 5.69 Å². The summed E-state index contributed by atoms with van der Waals surface area (Å²) in [6, 6.07) is 14.0. The lowest BCUT2D eigenvalue weighted by Crippen LogP contribution is -2.52. The second-order valence-corrected chi connectivity index (χ2v) is 15.3. The van der Waals surface area contributed by atoms with Crippen molar-refractivity contribution in [3.8, 4) is 0 Å². The third-order valence-electron chi connectivity index (χ3n) is 9.35. The highest BCUT2D eigenvalue weighted by molar-refractivity contribution is 7.92. The Hall–Kier alpha value is -2.58. The van der Waals surface area contributed by atoms with Gasteiger partial charge in [0.15, 0.2) is 0 Å². The van der Waals surface area contributed by atoms with Crippen LogP contribution in [0.15, 0.2) is 48.5 Å². The molecule has 7 nitrogen and oxygen atoms in total. The maximum atomic E-state index is 13.8. The second kappa shape index (κ2) is 11.6. The molecular formula is C32H42ClN3O4S. The van der Waals surface area contributed by atoms with Crippen molar-refractivity contribution in [2.24, 2.45) is 17.8 Å². The Kier molecular flexibility index (Phi) is 8.46. The van der Waals surface area contributed by atoms with Crippen molar-refractivity contribution >= 4 is 39.1 Å². The molecule has 9 heteroatoms. The van der Waals surface area contributed by atoms with Crippen LogP contribution in [0, 0.1) is 17.8 Å². The van der Waals surface area contributed by atoms with Gasteiger partial charge >= 0.3 is 0 Å². The normalized spacial score (nSPS) is 25.7. The van der Waals surface area contributed by atoms with Crippen LogP contribution in [-0.2, 0) is 31.6 Å². The summed E-state index contributed by atoms with van der Waals surface area (Å²) in [5, 5.41) is 3.43. The number of sulfonamides is 1. The van der Waals surface area contributed by atoms with Crippen LogP contribution >= 0.6 is 11.6 Å². The van der Waals surface area contributed by atoms with Gasteiger partial charge in [0.25, 0.3) is 0 Å². The first-order valence-electron chi connectivity index (χ1n) is 14.8. The van der Waals surface area contributed by atoms with Crippen molar-refractivity contribution < 1.29 is 18.0 Å². The molecule has 2 aromatic rings. The number of carbonyl (C=O) groups excluding carboxylic acids is 2. The van der Waals surface area contributed by atoms with E-state index in [1.807, 2.05) is 26.0 Å². The van der Waals surface area contributed by atoms with Gasteiger partial charge in [-0.1, -0.05) is 35.9 Å². The number of rotatable bonds is 10. The molecule has 222 valence electrons. The lowest BCUT2D eigenvalue weighted by molar-refractivity contribution is -0.139. The van der Waals surface area contributed by atoms with Crippen LogP contribution in [0.1, 0.15) is 70.4 Å². The highest BCUT2D eigenvalue weighted by atomic mass is 35.5. The first kappa shape index (κ1) is 29.9. The van der Waals surface area contributed by atoms with Gasteiger partial charge in [0.05, 0.1) is 11.9 Å². The third-order valence-corrected chi connectivity index (χ3v) is 10.7. The first-order valence-corrected chi connectivity index (χ1v) is 17.0. The van der Waals surface area contributed by atoms with E-state index in [1.165, 1.54) is 49.0 Å². The van der Waals surface area contributed by atoms with Crippen molar-refractivity contribution in [1.82, 2.24) is 10.2 Å². The van der Waals surface area contributed by atoms with E-state index in [1.54, 1.807) is 31.2 Å². The van der Waals surface area contributed by atoms with E-state index < -0.39 is 28.5 Å². The number of hydrogen-bond donors (Lipinski definition) is 1. The predicted molar refractivity (Wildman–Crippen MR) is 163 cm³/mol. The highest BCUT2D eigenvalue weighted by Gasteiger charge is 2.51. The number of hydrogen-bond acceptors (Lipinski definition) is 4. The summed E-state index contributed by atoms with van der Waals surface area (Å²) in [5.74, 6) is 1.68. The van der Waals surface area contributed by atoms with Gasteiger partial charge in [-0.15, -0.1) is 0 Å². The average molecular weight is 600 g/mol. The Balaban J connectivity index is 1.38. The molecule has 0 radical (unpaired) electrons. The van der Waals surface area contributed by atoms with Crippen molar-refractivity contribution in [2.45, 2.75) is 83.3 Å². The summed E-state index contributed by atoms with van der Waals surface area (Å²) in [5.41, 5.74) is 2.74. The molecule has 0 unspecified atom stereocenters. The Morgan fingerprint density at radius 2 is 1.46 bits per heavy atom. The van der Waals surface area contributed by atoms with Crippen molar-refractivity contribution in [1.29, 1.82) is 0 Å². The molecule has 2 amide bonds. The monoisotopic (exact) mass is 599 g/mol. The number of carbonyl (C=O) groups is 2. The van der Waals surface area contributed by atoms with Crippen LogP contribution in [0.2, 0.25) is 5.02 Å². The molecule has 4 aliphatic rings. The number of nitrogens with one attached hydrogen (secondary N) is 1. The van der Waals surface area contributed by atoms with E-state index in [4.69, 9.17) is 11.6 Å². The Morgan fingerprint density at radius 1 is 0.927 bits per heavy atom. The largest absolute Gasteiger partial charge is 0.352 e. The van der Waals surface area contributed by atoms with E-state index in [0.29, 0.717) is 10.7 Å². The SMILES string of the molecule is CC(C)NC(=O)[C@H](C)N(Cc1ccc(Cl)cc1)C(=O)CN(c1ccc(C23CC4CC(CC(C4)C2)C3)cc1)S(C)(=O)=O. The van der Waals surface area contributed by atoms with E-state index in [-0.39, 0.29) is 23.9 Å². The number of benzene rings is 2. The van der Waals surface area contributed by atoms with Crippen molar-refractivity contribution in [3.05, 3.63) is 64.7 Å². The minimum Gasteiger partial charge on any atom is -0.352 e. The standard InChI is InChI=1S/C32H42ClN3O4S/c1-21(2)34-31(38)22(3)35(19-23-5-9-28(33)10-6-23)30(37)20-36(41(4,39)40)29-11-7-27(8-12-29)32-16-24-13-25(17-32)15-26(14-24)18-32/h5-12,21-22,24-26H,13-20H2,1-4H3,(H,34,38)/t22-,24?,25?,26?,32?/m0/s1. The van der Waals surface area contributed by atoms with Crippen molar-refractivity contribution in [2.75, 3.05) is 17.1 Å². The Bertz CT molecular complexity index is 1340. The minimum absolute atomic E-state index is 0.0996. The molecule has 4 fully saturated rings. The van der Waals surface area contributed by atoms with Crippen LogP contribution in [0.3, 0.4) is 0 Å². The molecule has 6 rings (SSSR count). The maximum absolute atomic E-state index is 13.8. The van der Waals surface area contributed by atoms with Gasteiger partial charge in [0.2, 0.25) is 21.8 Å². The average Bonchev–Trinajstić information content (AvgIpc) is 2.89. The predicted octanol–water partition coefficient (Wildman–Crippen LogP) is 5.52. The molecule has 41 heavy (non-hydrogen) atoms. The van der Waals surface area contributed by atoms with Gasteiger partial charge in [-0.05, 0) is 118 Å². The number of halogens is 1. The number of nitrogens with zero attached hydrogens (tertiary/aromatic N) is 2. The fourth-order valence-corrected chi connectivity index (χ4v) is 8.81. The molecule has 4 saturated carbocycles. The summed E-state index contributed by atoms with van der Waals surface area (Å²) in [4.78, 5) is 28.2. The molecule has 0 saturated heterocycles. The summed E-state index contributed by atoms with van der Waals surface area (Å²) < 4.78 is 27.2. The molecule has 1 atom stereocenters. The minimum atomic E-state index is -3.78. The molecule has 4 bridgehead atoms. The van der Waals surface area contributed by atoms with Gasteiger partial charge in [0, 0.05) is 17.6 Å². The maximum Gasteiger partial charge on any atom is 0.244 e. The Labute approximate surface area is 249 Å². The van der Waals surface area contributed by atoms with Gasteiger partial charge in [-0.3, -0.25) is 13.9 Å². The van der Waals surface area contributed by atoms with Crippen LogP contribution in [0.5, 0.6) is 0 Å². The fraction of sp³-hybridized carbons (Fsp3) is 0.562. The first-order chi connectivity index (χ1) is 19.3. The van der Waals surface area contributed by atoms with Crippen LogP contribution in [-0.4, -0.2) is 50.0 Å². The highest BCUT2D eigenvalue weighted by Crippen LogP contribution is 2.60. The molecule has 0 heterocycles. The third kappa shape index (κ3) is 6.59. The Morgan fingerprint density at radius 3 is 1.95 bits per heavy atom. The van der Waals surface area contributed by atoms with E-state index in [2.05, 4.69) is 17.4 Å². The van der Waals surface area contributed by atoms with E-state index in [0.717, 1.165) is 33.9 Å². The number of amides is 2. The van der Waals surface area contributed by atoms with Gasteiger partial charge in [-0.2, -0.15) is 0 Å². The molecule has 4 aliphatic carbocycles. The summed E-state index contributed by atoms with van der Waals surface area (Å²) >= 11 is 6.05. The van der Waals surface area contributed by atoms with Crippen LogP contribution < -0.4 is 9.62 Å². The fourth-order valence-electron chi connectivity index (χ4n) is 7.83. The van der Waals surface area contributed by atoms with Gasteiger partial charge < -0.3 is 10.2 Å². The zero-order chi connectivity index (χ0) is 29.5. The molecule has 0 aliphatic heterocycles. The second-order valence-electron chi connectivity index (χ2n) is 13.0. The molecule has 1 N–H and O–H groups in total. The van der Waals surface area contributed by atoms with Gasteiger partial charge in [-0.25, -0.2) is 8.42 Å². The lowest BCUT2D eigenvalue weighted by Gasteiger charge is -2.57. The molecule has 0 spiro atoms. The smallest absolute Gasteiger partial charge is 0.244 e. The van der Waals surface area contributed by atoms with E-state index >= 15 is 0 Å². The molecular weight excluding hydrogens is 558 g/mol. The molecule has 2 aromatic carbocycles. The number of anilines is 1. The van der Waals surface area contributed by atoms with Gasteiger partial charge in [0.1, 0.15) is 12.6 Å².